The molecule has 5 rings (SSSR count). The van der Waals surface area contributed by atoms with Crippen LogP contribution in [0.3, 0.4) is 0 Å². The van der Waals surface area contributed by atoms with Crippen molar-refractivity contribution in [3.8, 4) is 11.1 Å². The second-order valence-electron chi connectivity index (χ2n) is 9.70. The van der Waals surface area contributed by atoms with Crippen molar-refractivity contribution in [1.82, 2.24) is 20.9 Å². The third kappa shape index (κ3) is 6.67. The molecule has 0 bridgehead atoms. The maximum absolute atomic E-state index is 15.0. The zero-order valence-electron chi connectivity index (χ0n) is 21.5. The Bertz CT molecular complexity index is 1500. The van der Waals surface area contributed by atoms with E-state index in [0.29, 0.717) is 33.8 Å². The van der Waals surface area contributed by atoms with E-state index in [1.165, 1.54) is 17.4 Å². The first-order valence-electron chi connectivity index (χ1n) is 13.0. The van der Waals surface area contributed by atoms with Crippen molar-refractivity contribution in [2.24, 2.45) is 0 Å². The molecule has 39 heavy (non-hydrogen) atoms. The Hall–Kier alpha value is -4.11. The molecule has 0 radical (unpaired) electrons. The summed E-state index contributed by atoms with van der Waals surface area (Å²) in [5.41, 5.74) is 3.15. The van der Waals surface area contributed by atoms with Gasteiger partial charge in [0.05, 0.1) is 22.7 Å². The van der Waals surface area contributed by atoms with E-state index in [0.717, 1.165) is 29.5 Å². The minimum absolute atomic E-state index is 0.0790. The van der Waals surface area contributed by atoms with Crippen molar-refractivity contribution >= 4 is 39.3 Å². The first-order valence-corrected chi connectivity index (χ1v) is 13.8. The van der Waals surface area contributed by atoms with Crippen molar-refractivity contribution < 1.29 is 18.8 Å². The average molecular weight is 545 g/mol. The highest BCUT2D eigenvalue weighted by molar-refractivity contribution is 7.18. The number of thiazole rings is 1. The van der Waals surface area contributed by atoms with Gasteiger partial charge in [-0.25, -0.2) is 9.37 Å². The van der Waals surface area contributed by atoms with Crippen LogP contribution in [0.2, 0.25) is 0 Å². The summed E-state index contributed by atoms with van der Waals surface area (Å²) in [5, 5.41) is 8.94. The molecule has 9 heteroatoms. The van der Waals surface area contributed by atoms with Crippen LogP contribution in [0.1, 0.15) is 46.6 Å². The number of nitrogens with one attached hydrogen (secondary N) is 3. The van der Waals surface area contributed by atoms with Gasteiger partial charge in [0.25, 0.3) is 5.91 Å². The Morgan fingerprint density at radius 2 is 1.77 bits per heavy atom. The van der Waals surface area contributed by atoms with Gasteiger partial charge in [-0.05, 0) is 55.5 Å². The summed E-state index contributed by atoms with van der Waals surface area (Å²) in [6, 6.07) is 20.1. The number of hydrogen-bond acceptors (Lipinski definition) is 5. The highest BCUT2D eigenvalue weighted by Gasteiger charge is 2.25. The minimum atomic E-state index is -0.581. The fourth-order valence-corrected chi connectivity index (χ4v) is 5.22. The van der Waals surface area contributed by atoms with E-state index in [4.69, 9.17) is 0 Å². The predicted octanol–water partition coefficient (Wildman–Crippen LogP) is 4.57. The van der Waals surface area contributed by atoms with Gasteiger partial charge in [-0.15, -0.1) is 11.3 Å². The molecule has 1 aliphatic rings. The predicted molar refractivity (Wildman–Crippen MR) is 150 cm³/mol. The van der Waals surface area contributed by atoms with E-state index in [1.807, 2.05) is 30.3 Å². The molecule has 0 aliphatic heterocycles. The van der Waals surface area contributed by atoms with Crippen LogP contribution >= 0.6 is 11.3 Å². The molecule has 1 unspecified atom stereocenters. The summed E-state index contributed by atoms with van der Waals surface area (Å²) in [6.07, 6.45) is 2.70. The van der Waals surface area contributed by atoms with Gasteiger partial charge in [-0.2, -0.15) is 0 Å². The number of rotatable bonds is 10. The van der Waals surface area contributed by atoms with E-state index < -0.39 is 11.7 Å². The molecule has 200 valence electrons. The summed E-state index contributed by atoms with van der Waals surface area (Å²) in [7, 11) is 0. The highest BCUT2D eigenvalue weighted by atomic mass is 32.1. The molecule has 1 saturated carbocycles. The maximum Gasteiger partial charge on any atom is 0.251 e. The van der Waals surface area contributed by atoms with Crippen molar-refractivity contribution in [1.29, 1.82) is 0 Å². The van der Waals surface area contributed by atoms with Crippen LogP contribution in [0.5, 0.6) is 0 Å². The van der Waals surface area contributed by atoms with E-state index >= 15 is 4.39 Å². The molecule has 1 atom stereocenters. The molecule has 1 aliphatic carbocycles. The van der Waals surface area contributed by atoms with E-state index in [9.17, 15) is 14.4 Å². The molecule has 1 aromatic heterocycles. The molecule has 4 aromatic rings. The van der Waals surface area contributed by atoms with Crippen LogP contribution in [0, 0.1) is 5.82 Å². The van der Waals surface area contributed by atoms with E-state index in [-0.39, 0.29) is 30.3 Å². The molecule has 1 fully saturated rings. The zero-order chi connectivity index (χ0) is 27.4. The fraction of sp³-hybridized carbons (Fsp3) is 0.267. The van der Waals surface area contributed by atoms with Crippen molar-refractivity contribution in [2.45, 2.75) is 38.1 Å². The molecule has 0 saturated heterocycles. The Labute approximate surface area is 229 Å². The number of hydrogen-bond donors (Lipinski definition) is 3. The first kappa shape index (κ1) is 26.5. The van der Waals surface area contributed by atoms with Gasteiger partial charge < -0.3 is 16.0 Å². The number of benzene rings is 3. The molecule has 3 N–H and O–H groups in total. The second kappa shape index (κ2) is 11.7. The lowest BCUT2D eigenvalue weighted by atomic mass is 10.0. The van der Waals surface area contributed by atoms with Crippen LogP contribution in [0.25, 0.3) is 21.3 Å². The van der Waals surface area contributed by atoms with Gasteiger partial charge in [0, 0.05) is 29.8 Å². The van der Waals surface area contributed by atoms with Gasteiger partial charge in [0.15, 0.2) is 0 Å². The van der Waals surface area contributed by atoms with Crippen LogP contribution in [0.4, 0.5) is 4.39 Å². The largest absolute Gasteiger partial charge is 0.352 e. The van der Waals surface area contributed by atoms with Crippen molar-refractivity contribution in [3.05, 3.63) is 88.7 Å². The standard InChI is InChI=1S/C30H29FN4O3S/c1-18(28(37)33-17-27(36)34-22-11-12-22)30-35-25-16-24(31)23(15-26(25)39-30)20-7-9-21(10-8-20)29(38)32-14-13-19-5-3-2-4-6-19/h2-10,15-16,18,22H,11-14,17H2,1H3,(H,32,38)(H,33,37)(H,34,36). The molecule has 7 nitrogen and oxygen atoms in total. The van der Waals surface area contributed by atoms with E-state index in [2.05, 4.69) is 20.9 Å². The topological polar surface area (TPSA) is 100 Å². The van der Waals surface area contributed by atoms with Gasteiger partial charge in [0.2, 0.25) is 11.8 Å². The third-order valence-electron chi connectivity index (χ3n) is 6.62. The normalized spacial score (nSPS) is 13.6. The lowest BCUT2D eigenvalue weighted by Gasteiger charge is -2.09. The molecule has 3 amide bonds. The number of nitrogens with zero attached hydrogens (tertiary/aromatic N) is 1. The SMILES string of the molecule is CC(C(=O)NCC(=O)NC1CC1)c1nc2cc(F)c(-c3ccc(C(=O)NCCc4ccccc4)cc3)cc2s1. The lowest BCUT2D eigenvalue weighted by Crippen LogP contribution is -2.39. The maximum atomic E-state index is 15.0. The number of aromatic nitrogens is 1. The van der Waals surface area contributed by atoms with Crippen molar-refractivity contribution in [2.75, 3.05) is 13.1 Å². The van der Waals surface area contributed by atoms with Crippen LogP contribution in [0.15, 0.2) is 66.7 Å². The molecular weight excluding hydrogens is 515 g/mol. The van der Waals surface area contributed by atoms with Gasteiger partial charge in [-0.1, -0.05) is 42.5 Å². The zero-order valence-corrected chi connectivity index (χ0v) is 22.3. The Morgan fingerprint density at radius 3 is 2.49 bits per heavy atom. The number of amides is 3. The van der Waals surface area contributed by atoms with Gasteiger partial charge in [-0.3, -0.25) is 14.4 Å². The van der Waals surface area contributed by atoms with Crippen LogP contribution in [-0.2, 0) is 16.0 Å². The molecule has 1 heterocycles. The number of halogens is 1. The quantitative estimate of drug-likeness (QED) is 0.272. The summed E-state index contributed by atoms with van der Waals surface area (Å²) in [4.78, 5) is 41.4. The summed E-state index contributed by atoms with van der Waals surface area (Å²) in [6.45, 7) is 2.16. The number of fused-ring (bicyclic) bond motifs is 1. The average Bonchev–Trinajstić information content (AvgIpc) is 3.67. The lowest BCUT2D eigenvalue weighted by molar-refractivity contribution is -0.126. The molecule has 3 aromatic carbocycles. The molecule has 0 spiro atoms. The fourth-order valence-electron chi connectivity index (χ4n) is 4.18. The first-order chi connectivity index (χ1) is 18.9. The number of carbonyl (C=O) groups is 3. The minimum Gasteiger partial charge on any atom is -0.352 e. The summed E-state index contributed by atoms with van der Waals surface area (Å²) in [5.74, 6) is -1.71. The molecular formula is C30H29FN4O3S. The highest BCUT2D eigenvalue weighted by Crippen LogP contribution is 2.33. The monoisotopic (exact) mass is 544 g/mol. The summed E-state index contributed by atoms with van der Waals surface area (Å²) >= 11 is 1.32. The Morgan fingerprint density at radius 1 is 1.03 bits per heavy atom. The smallest absolute Gasteiger partial charge is 0.251 e. The van der Waals surface area contributed by atoms with Crippen molar-refractivity contribution in [3.63, 3.8) is 0 Å². The van der Waals surface area contributed by atoms with Crippen LogP contribution in [-0.4, -0.2) is 41.8 Å². The third-order valence-corrected chi connectivity index (χ3v) is 7.82. The van der Waals surface area contributed by atoms with Gasteiger partial charge >= 0.3 is 0 Å². The van der Waals surface area contributed by atoms with Gasteiger partial charge in [0.1, 0.15) is 10.8 Å². The van der Waals surface area contributed by atoms with Crippen LogP contribution < -0.4 is 16.0 Å². The second-order valence-corrected chi connectivity index (χ2v) is 10.8. The van der Waals surface area contributed by atoms with E-state index in [1.54, 1.807) is 37.3 Å². The Balaban J connectivity index is 1.22. The Kier molecular flexibility index (Phi) is 7.97. The summed E-state index contributed by atoms with van der Waals surface area (Å²) < 4.78 is 15.8. The number of carbonyl (C=O) groups excluding carboxylic acids is 3.